The average molecular weight is 552 g/mol. The monoisotopic (exact) mass is 551 g/mol. The number of carbonyl (C=O) groups is 1. The number of carbonyl (C=O) groups excluding carboxylic acids is 1. The number of morpholine rings is 1. The molecule has 2 atom stereocenters. The summed E-state index contributed by atoms with van der Waals surface area (Å²) in [6, 6.07) is 15.1. The number of alkyl halides is 1. The highest BCUT2D eigenvalue weighted by atomic mass is 32.2. The van der Waals surface area contributed by atoms with E-state index in [2.05, 4.69) is 33.4 Å². The van der Waals surface area contributed by atoms with Crippen molar-refractivity contribution < 1.29 is 22.3 Å². The maximum absolute atomic E-state index is 14.4. The summed E-state index contributed by atoms with van der Waals surface area (Å²) >= 11 is 0. The van der Waals surface area contributed by atoms with Crippen molar-refractivity contribution in [2.45, 2.75) is 38.9 Å². The highest BCUT2D eigenvalue weighted by molar-refractivity contribution is 7.90. The van der Waals surface area contributed by atoms with E-state index in [0.717, 1.165) is 27.9 Å². The van der Waals surface area contributed by atoms with Crippen LogP contribution in [0.15, 0.2) is 54.7 Å². The molecule has 0 spiro atoms. The third-order valence-electron chi connectivity index (χ3n) is 7.54. The smallest absolute Gasteiger partial charge is 0.255 e. The van der Waals surface area contributed by atoms with Crippen LogP contribution in [0, 0.1) is 12.8 Å². The number of benzene rings is 2. The molecule has 2 aliphatic heterocycles. The van der Waals surface area contributed by atoms with Crippen LogP contribution in [0.1, 0.15) is 41.0 Å². The molecule has 9 heteroatoms. The highest BCUT2D eigenvalue weighted by Gasteiger charge is 2.38. The van der Waals surface area contributed by atoms with Gasteiger partial charge in [0.1, 0.15) is 15.5 Å². The summed E-state index contributed by atoms with van der Waals surface area (Å²) in [6.45, 7) is 6.67. The topological polar surface area (TPSA) is 88.6 Å². The van der Waals surface area contributed by atoms with Gasteiger partial charge in [0, 0.05) is 35.9 Å². The van der Waals surface area contributed by atoms with Crippen LogP contribution < -0.4 is 10.2 Å². The number of aryl methyl sites for hydroxylation is 1. The second-order valence-corrected chi connectivity index (χ2v) is 13.3. The Morgan fingerprint density at radius 3 is 2.72 bits per heavy atom. The number of rotatable bonds is 6. The lowest BCUT2D eigenvalue weighted by Gasteiger charge is -2.46. The first kappa shape index (κ1) is 27.3. The van der Waals surface area contributed by atoms with Gasteiger partial charge in [0.15, 0.2) is 0 Å². The Kier molecular flexibility index (Phi) is 7.24. The van der Waals surface area contributed by atoms with E-state index in [4.69, 9.17) is 4.74 Å². The summed E-state index contributed by atoms with van der Waals surface area (Å²) < 4.78 is 44.3. The molecule has 7 nitrogen and oxygen atoms in total. The van der Waals surface area contributed by atoms with E-state index in [-0.39, 0.29) is 29.3 Å². The Morgan fingerprint density at radius 2 is 1.97 bits per heavy atom. The molecule has 0 radical (unpaired) electrons. The van der Waals surface area contributed by atoms with E-state index in [9.17, 15) is 17.6 Å². The molecule has 39 heavy (non-hydrogen) atoms. The summed E-state index contributed by atoms with van der Waals surface area (Å²) in [5.41, 5.74) is 4.83. The number of nitrogens with one attached hydrogen (secondary N) is 1. The molecule has 3 aromatic rings. The van der Waals surface area contributed by atoms with Crippen LogP contribution in [0.3, 0.4) is 0 Å². The van der Waals surface area contributed by atoms with Crippen LogP contribution >= 0.6 is 0 Å². The van der Waals surface area contributed by atoms with E-state index < -0.39 is 15.5 Å². The lowest BCUT2D eigenvalue weighted by atomic mass is 9.85. The van der Waals surface area contributed by atoms with Gasteiger partial charge < -0.3 is 15.0 Å². The fourth-order valence-electron chi connectivity index (χ4n) is 5.57. The molecule has 1 N–H and O–H groups in total. The number of ether oxygens (including phenoxy) is 1. The van der Waals surface area contributed by atoms with Gasteiger partial charge in [0.05, 0.1) is 30.7 Å². The van der Waals surface area contributed by atoms with E-state index in [1.165, 1.54) is 32.4 Å². The Labute approximate surface area is 229 Å². The zero-order valence-electron chi connectivity index (χ0n) is 22.7. The van der Waals surface area contributed by atoms with Crippen LogP contribution in [0.4, 0.5) is 15.8 Å². The van der Waals surface area contributed by atoms with Gasteiger partial charge in [0.2, 0.25) is 0 Å². The van der Waals surface area contributed by atoms with Crippen molar-refractivity contribution in [1.82, 2.24) is 4.98 Å². The quantitative estimate of drug-likeness (QED) is 0.467. The van der Waals surface area contributed by atoms with Crippen LogP contribution in [0.5, 0.6) is 0 Å². The van der Waals surface area contributed by atoms with Crippen LogP contribution in [0.2, 0.25) is 0 Å². The minimum absolute atomic E-state index is 0.0162. The van der Waals surface area contributed by atoms with Gasteiger partial charge in [-0.05, 0) is 85.7 Å². The van der Waals surface area contributed by atoms with Crippen molar-refractivity contribution in [2.75, 3.05) is 42.0 Å². The largest absolute Gasteiger partial charge is 0.377 e. The molecule has 1 fully saturated rings. The van der Waals surface area contributed by atoms with Gasteiger partial charge in [0.25, 0.3) is 5.91 Å². The third kappa shape index (κ3) is 5.99. The maximum atomic E-state index is 14.4. The number of pyridine rings is 1. The normalized spacial score (nSPS) is 19.3. The Balaban J connectivity index is 1.43. The summed E-state index contributed by atoms with van der Waals surface area (Å²) in [6.07, 6.45) is 3.42. The fourth-order valence-corrected chi connectivity index (χ4v) is 6.69. The van der Waals surface area contributed by atoms with Gasteiger partial charge in [-0.25, -0.2) is 12.8 Å². The molecule has 2 aromatic carbocycles. The molecule has 1 aromatic heterocycles. The zero-order chi connectivity index (χ0) is 27.9. The summed E-state index contributed by atoms with van der Waals surface area (Å²) in [5.74, 6) is -0.215. The van der Waals surface area contributed by atoms with Crippen LogP contribution in [-0.2, 0) is 26.7 Å². The van der Waals surface area contributed by atoms with Gasteiger partial charge >= 0.3 is 0 Å². The third-order valence-corrected chi connectivity index (χ3v) is 8.57. The molecule has 5 rings (SSSR count). The van der Waals surface area contributed by atoms with Crippen molar-refractivity contribution in [3.8, 4) is 11.1 Å². The highest BCUT2D eigenvalue weighted by Crippen LogP contribution is 2.39. The van der Waals surface area contributed by atoms with E-state index >= 15 is 0 Å². The Morgan fingerprint density at radius 1 is 1.18 bits per heavy atom. The van der Waals surface area contributed by atoms with Crippen molar-refractivity contribution in [2.24, 2.45) is 5.92 Å². The lowest BCUT2D eigenvalue weighted by Crippen LogP contribution is -2.54. The van der Waals surface area contributed by atoms with E-state index in [0.29, 0.717) is 37.4 Å². The summed E-state index contributed by atoms with van der Waals surface area (Å²) in [4.78, 5) is 19.3. The lowest BCUT2D eigenvalue weighted by molar-refractivity contribution is 0.0756. The van der Waals surface area contributed by atoms with Gasteiger partial charge in [-0.1, -0.05) is 18.2 Å². The van der Waals surface area contributed by atoms with Crippen LogP contribution in [-0.4, -0.2) is 57.1 Å². The van der Waals surface area contributed by atoms with Crippen molar-refractivity contribution in [1.29, 1.82) is 0 Å². The second kappa shape index (κ2) is 10.4. The minimum atomic E-state index is -3.12. The van der Waals surface area contributed by atoms with Gasteiger partial charge in [-0.15, -0.1) is 0 Å². The minimum Gasteiger partial charge on any atom is -0.377 e. The van der Waals surface area contributed by atoms with Crippen molar-refractivity contribution in [3.63, 3.8) is 0 Å². The predicted octanol–water partition coefficient (Wildman–Crippen LogP) is 4.94. The number of fused-ring (bicyclic) bond motifs is 3. The number of amides is 1. The molecule has 0 aliphatic carbocycles. The van der Waals surface area contributed by atoms with Crippen molar-refractivity contribution >= 4 is 27.1 Å². The van der Waals surface area contributed by atoms with Crippen LogP contribution in [0.25, 0.3) is 11.1 Å². The van der Waals surface area contributed by atoms with Gasteiger partial charge in [-0.2, -0.15) is 0 Å². The summed E-state index contributed by atoms with van der Waals surface area (Å²) in [5, 5.41) is 2.94. The van der Waals surface area contributed by atoms with E-state index in [1.807, 2.05) is 25.1 Å². The Bertz CT molecular complexity index is 1520. The molecule has 2 unspecified atom stereocenters. The maximum Gasteiger partial charge on any atom is 0.255 e. The molecule has 3 heterocycles. The number of nitrogens with zero attached hydrogens (tertiary/aromatic N) is 2. The number of sulfone groups is 1. The summed E-state index contributed by atoms with van der Waals surface area (Å²) in [7, 11) is -3.12. The fraction of sp³-hybridized carbons (Fsp3) is 0.400. The molecule has 0 saturated carbocycles. The molecule has 2 aliphatic rings. The molecular weight excluding hydrogens is 517 g/mol. The van der Waals surface area contributed by atoms with E-state index in [1.54, 1.807) is 6.07 Å². The zero-order valence-corrected chi connectivity index (χ0v) is 23.5. The number of aromatic nitrogens is 1. The number of anilines is 2. The number of halogens is 1. The molecule has 206 valence electrons. The average Bonchev–Trinajstić information content (AvgIpc) is 2.88. The predicted molar refractivity (Wildman–Crippen MR) is 152 cm³/mol. The Hall–Kier alpha value is -3.30. The first-order valence-electron chi connectivity index (χ1n) is 13.1. The number of hydrogen-bond acceptors (Lipinski definition) is 6. The van der Waals surface area contributed by atoms with Crippen molar-refractivity contribution in [3.05, 3.63) is 77.1 Å². The first-order valence-corrected chi connectivity index (χ1v) is 15.2. The first-order chi connectivity index (χ1) is 18.4. The molecule has 1 saturated heterocycles. The SMILES string of the molecule is Cc1ccc(NC(=O)c2ccnc(C(C)(C)F)c2)cc1-c1ccc2c(c1)N1CCOCC1C(CS(C)(=O)=O)C2. The van der Waals surface area contributed by atoms with Gasteiger partial charge in [-0.3, -0.25) is 9.78 Å². The molecule has 0 bridgehead atoms. The molecule has 1 amide bonds. The number of hydrogen-bond donors (Lipinski definition) is 1. The molecular formula is C30H34FN3O4S. The standard InChI is InChI=1S/C30H34FN3O4S/c1-19-5-8-24(33-29(35)22-9-10-32-28(15-22)30(2,3)31)16-25(19)20-6-7-21-13-23(18-39(4,36)37)27-17-38-12-11-34(27)26(21)14-20/h5-10,14-16,23,27H,11-13,17-18H2,1-4H3,(H,33,35). The second-order valence-electron chi connectivity index (χ2n) is 11.1.